The number of halogens is 1. The van der Waals surface area contributed by atoms with E-state index in [-0.39, 0.29) is 18.1 Å². The number of hydrogen-bond donors (Lipinski definition) is 0. The van der Waals surface area contributed by atoms with E-state index in [9.17, 15) is 12.8 Å². The Kier molecular flexibility index (Phi) is 4.44. The molecule has 0 aliphatic heterocycles. The Morgan fingerprint density at radius 3 is 2.62 bits per heavy atom. The predicted molar refractivity (Wildman–Crippen MR) is 61.9 cm³/mol. The van der Waals surface area contributed by atoms with Crippen molar-refractivity contribution in [3.05, 3.63) is 35.6 Å². The number of hydrogen-bond acceptors (Lipinski definition) is 2. The molecule has 16 heavy (non-hydrogen) atoms. The van der Waals surface area contributed by atoms with E-state index in [0.717, 1.165) is 0 Å². The molecule has 90 valence electrons. The normalized spacial score (nSPS) is 12.0. The fourth-order valence-corrected chi connectivity index (χ4v) is 2.58. The average Bonchev–Trinajstić information content (AvgIpc) is 2.17. The molecule has 0 aliphatic carbocycles. The third-order valence-electron chi connectivity index (χ3n) is 2.23. The molecule has 0 spiro atoms. The molecule has 3 nitrogen and oxygen atoms in total. The van der Waals surface area contributed by atoms with Crippen LogP contribution in [0.25, 0.3) is 0 Å². The molecule has 0 aliphatic rings. The molecular formula is C11H16FNO2S. The van der Waals surface area contributed by atoms with Crippen LogP contribution in [0.3, 0.4) is 0 Å². The largest absolute Gasteiger partial charge is 0.214 e. The van der Waals surface area contributed by atoms with Gasteiger partial charge in [-0.05, 0) is 24.1 Å². The zero-order chi connectivity index (χ0) is 12.2. The van der Waals surface area contributed by atoms with Crippen molar-refractivity contribution in [3.63, 3.8) is 0 Å². The van der Waals surface area contributed by atoms with E-state index in [0.29, 0.717) is 12.0 Å². The van der Waals surface area contributed by atoms with E-state index in [1.807, 2.05) is 6.92 Å². The summed E-state index contributed by atoms with van der Waals surface area (Å²) in [5, 5.41) is 0. The van der Waals surface area contributed by atoms with Crippen LogP contribution in [0.2, 0.25) is 0 Å². The molecule has 0 atom stereocenters. The third-order valence-corrected chi connectivity index (χ3v) is 4.23. The van der Waals surface area contributed by atoms with E-state index >= 15 is 0 Å². The Morgan fingerprint density at radius 1 is 1.38 bits per heavy atom. The number of sulfonamides is 1. The van der Waals surface area contributed by atoms with Crippen molar-refractivity contribution in [2.45, 2.75) is 19.9 Å². The lowest BCUT2D eigenvalue weighted by Crippen LogP contribution is -2.28. The number of rotatable bonds is 5. The van der Waals surface area contributed by atoms with Gasteiger partial charge in [-0.3, -0.25) is 0 Å². The maximum atomic E-state index is 12.9. The first-order chi connectivity index (χ1) is 7.45. The lowest BCUT2D eigenvalue weighted by molar-refractivity contribution is 0.465. The lowest BCUT2D eigenvalue weighted by atomic mass is 10.2. The summed E-state index contributed by atoms with van der Waals surface area (Å²) in [5.74, 6) is -0.225. The van der Waals surface area contributed by atoms with E-state index in [4.69, 9.17) is 0 Å². The van der Waals surface area contributed by atoms with Crippen molar-refractivity contribution in [2.75, 3.05) is 12.8 Å². The van der Waals surface area contributed by atoms with Crippen molar-refractivity contribution in [1.82, 2.24) is 4.31 Å². The highest BCUT2D eigenvalue weighted by molar-refractivity contribution is 7.89. The summed E-state index contributed by atoms with van der Waals surface area (Å²) in [6.45, 7) is 2.02. The summed E-state index contributed by atoms with van der Waals surface area (Å²) in [6, 6.07) is 5.97. The summed E-state index contributed by atoms with van der Waals surface area (Å²) >= 11 is 0. The molecule has 1 aromatic carbocycles. The Hall–Kier alpha value is -0.940. The van der Waals surface area contributed by atoms with Gasteiger partial charge in [0.1, 0.15) is 5.82 Å². The zero-order valence-corrected chi connectivity index (χ0v) is 10.3. The molecule has 0 amide bonds. The van der Waals surface area contributed by atoms with Gasteiger partial charge in [0.25, 0.3) is 0 Å². The van der Waals surface area contributed by atoms with Crippen molar-refractivity contribution in [3.8, 4) is 0 Å². The summed E-state index contributed by atoms with van der Waals surface area (Å²) < 4.78 is 37.5. The molecule has 0 N–H and O–H groups in total. The van der Waals surface area contributed by atoms with Crippen LogP contribution in [-0.4, -0.2) is 25.5 Å². The van der Waals surface area contributed by atoms with Gasteiger partial charge < -0.3 is 0 Å². The summed E-state index contributed by atoms with van der Waals surface area (Å²) in [5.41, 5.74) is 0.655. The van der Waals surface area contributed by atoms with E-state index in [2.05, 4.69) is 0 Å². The third kappa shape index (κ3) is 3.57. The second kappa shape index (κ2) is 5.41. The predicted octanol–water partition coefficient (Wildman–Crippen LogP) is 2.00. The average molecular weight is 245 g/mol. The molecule has 0 heterocycles. The molecule has 0 radical (unpaired) electrons. The molecule has 0 aromatic heterocycles. The number of nitrogens with zero attached hydrogens (tertiary/aromatic N) is 1. The minimum Gasteiger partial charge on any atom is -0.212 e. The summed E-state index contributed by atoms with van der Waals surface area (Å²) in [4.78, 5) is 0. The Morgan fingerprint density at radius 2 is 2.06 bits per heavy atom. The molecule has 1 aromatic rings. The van der Waals surface area contributed by atoms with Crippen LogP contribution in [0.5, 0.6) is 0 Å². The van der Waals surface area contributed by atoms with Crippen LogP contribution in [-0.2, 0) is 16.6 Å². The van der Waals surface area contributed by atoms with Gasteiger partial charge >= 0.3 is 0 Å². The summed E-state index contributed by atoms with van der Waals surface area (Å²) in [7, 11) is -1.70. The van der Waals surface area contributed by atoms with Crippen LogP contribution in [0.15, 0.2) is 24.3 Å². The van der Waals surface area contributed by atoms with Gasteiger partial charge in [-0.15, -0.1) is 0 Å². The molecule has 0 saturated carbocycles. The molecule has 0 fully saturated rings. The minimum atomic E-state index is -3.21. The Bertz CT molecular complexity index is 445. The highest BCUT2D eigenvalue weighted by Crippen LogP contribution is 2.09. The second-order valence-corrected chi connectivity index (χ2v) is 5.90. The Balaban J connectivity index is 2.75. The van der Waals surface area contributed by atoms with Crippen LogP contribution in [0, 0.1) is 5.82 Å². The fraction of sp³-hybridized carbons (Fsp3) is 0.455. The summed E-state index contributed by atoms with van der Waals surface area (Å²) in [6.07, 6.45) is 0.579. The molecule has 0 unspecified atom stereocenters. The van der Waals surface area contributed by atoms with Gasteiger partial charge in [0.05, 0.1) is 5.75 Å². The van der Waals surface area contributed by atoms with Crippen molar-refractivity contribution < 1.29 is 12.8 Å². The minimum absolute atomic E-state index is 0.124. The standard InChI is InChI=1S/C11H16FNO2S/c1-3-7-16(14,15)13(2)9-10-5-4-6-11(12)8-10/h4-6,8H,3,7,9H2,1-2H3. The Labute approximate surface area is 95.9 Å². The number of benzene rings is 1. The van der Waals surface area contributed by atoms with E-state index in [1.54, 1.807) is 12.1 Å². The molecular weight excluding hydrogens is 229 g/mol. The highest BCUT2D eigenvalue weighted by atomic mass is 32.2. The van der Waals surface area contributed by atoms with Crippen LogP contribution in [0.1, 0.15) is 18.9 Å². The second-order valence-electron chi connectivity index (χ2n) is 3.70. The van der Waals surface area contributed by atoms with Crippen molar-refractivity contribution in [2.24, 2.45) is 0 Å². The van der Waals surface area contributed by atoms with E-state index in [1.165, 1.54) is 23.5 Å². The monoisotopic (exact) mass is 245 g/mol. The maximum absolute atomic E-state index is 12.9. The first kappa shape index (κ1) is 13.1. The molecule has 1 rings (SSSR count). The van der Waals surface area contributed by atoms with Gasteiger partial charge in [0, 0.05) is 13.6 Å². The first-order valence-corrected chi connectivity index (χ1v) is 6.75. The first-order valence-electron chi connectivity index (χ1n) is 5.14. The molecule has 0 bridgehead atoms. The lowest BCUT2D eigenvalue weighted by Gasteiger charge is -2.16. The zero-order valence-electron chi connectivity index (χ0n) is 9.48. The topological polar surface area (TPSA) is 37.4 Å². The molecule has 5 heteroatoms. The smallest absolute Gasteiger partial charge is 0.212 e. The molecule has 0 saturated heterocycles. The van der Waals surface area contributed by atoms with Crippen LogP contribution in [0.4, 0.5) is 4.39 Å². The highest BCUT2D eigenvalue weighted by Gasteiger charge is 2.16. The van der Waals surface area contributed by atoms with Gasteiger partial charge in [-0.25, -0.2) is 17.1 Å². The van der Waals surface area contributed by atoms with Gasteiger partial charge in [0.15, 0.2) is 0 Å². The van der Waals surface area contributed by atoms with Gasteiger partial charge in [-0.1, -0.05) is 19.1 Å². The van der Waals surface area contributed by atoms with Gasteiger partial charge in [0.2, 0.25) is 10.0 Å². The van der Waals surface area contributed by atoms with Crippen LogP contribution >= 0.6 is 0 Å². The van der Waals surface area contributed by atoms with E-state index < -0.39 is 10.0 Å². The van der Waals surface area contributed by atoms with Gasteiger partial charge in [-0.2, -0.15) is 0 Å². The maximum Gasteiger partial charge on any atom is 0.214 e. The van der Waals surface area contributed by atoms with Crippen LogP contribution < -0.4 is 0 Å². The quantitative estimate of drug-likeness (QED) is 0.795. The van der Waals surface area contributed by atoms with Crippen molar-refractivity contribution >= 4 is 10.0 Å². The van der Waals surface area contributed by atoms with Crippen molar-refractivity contribution in [1.29, 1.82) is 0 Å². The SMILES string of the molecule is CCCS(=O)(=O)N(C)Cc1cccc(F)c1. The fourth-order valence-electron chi connectivity index (χ4n) is 1.40.